The summed E-state index contributed by atoms with van der Waals surface area (Å²) in [6.07, 6.45) is -2.33. The number of alkyl halides is 3. The Balaban J connectivity index is 1.80. The van der Waals surface area contributed by atoms with Gasteiger partial charge in [0.25, 0.3) is 11.6 Å². The van der Waals surface area contributed by atoms with E-state index in [-0.39, 0.29) is 34.3 Å². The highest BCUT2D eigenvalue weighted by molar-refractivity contribution is 6.09. The summed E-state index contributed by atoms with van der Waals surface area (Å²) in [5.41, 5.74) is -1.28. The SMILES string of the molecule is COc1cc(/C=C(/C#N)C(=O)Nc2cccc(C(F)(F)F)c2)ccc1Oc1ccc([N+](=O)[O-])cn1. The van der Waals surface area contributed by atoms with Gasteiger partial charge in [0.1, 0.15) is 17.8 Å². The van der Waals surface area contributed by atoms with E-state index >= 15 is 0 Å². The highest BCUT2D eigenvalue weighted by Crippen LogP contribution is 2.33. The average molecular weight is 484 g/mol. The Kier molecular flexibility index (Phi) is 7.31. The number of aromatic nitrogens is 1. The number of benzene rings is 2. The molecule has 0 aliphatic heterocycles. The van der Waals surface area contributed by atoms with Crippen molar-refractivity contribution >= 4 is 23.4 Å². The van der Waals surface area contributed by atoms with Crippen LogP contribution in [0.2, 0.25) is 0 Å². The van der Waals surface area contributed by atoms with Crippen LogP contribution in [0.4, 0.5) is 24.5 Å². The van der Waals surface area contributed by atoms with Crippen molar-refractivity contribution in [3.05, 3.63) is 87.6 Å². The van der Waals surface area contributed by atoms with Crippen molar-refractivity contribution in [2.45, 2.75) is 6.18 Å². The molecule has 0 atom stereocenters. The lowest BCUT2D eigenvalue weighted by Gasteiger charge is -2.11. The van der Waals surface area contributed by atoms with Crippen molar-refractivity contribution in [3.63, 3.8) is 0 Å². The van der Waals surface area contributed by atoms with Gasteiger partial charge in [0, 0.05) is 17.8 Å². The maximum absolute atomic E-state index is 12.9. The third-order valence-electron chi connectivity index (χ3n) is 4.46. The molecule has 0 aliphatic carbocycles. The molecule has 1 heterocycles. The molecule has 3 rings (SSSR count). The number of nitro groups is 1. The fraction of sp³-hybridized carbons (Fsp3) is 0.0870. The lowest BCUT2D eigenvalue weighted by atomic mass is 10.1. The summed E-state index contributed by atoms with van der Waals surface area (Å²) in [6.45, 7) is 0. The van der Waals surface area contributed by atoms with Gasteiger partial charge in [0.05, 0.1) is 17.6 Å². The number of carbonyl (C=O) groups is 1. The number of hydrogen-bond acceptors (Lipinski definition) is 7. The predicted octanol–water partition coefficient (Wildman–Crippen LogP) is 5.36. The maximum atomic E-state index is 12.9. The molecule has 0 bridgehead atoms. The second-order valence-electron chi connectivity index (χ2n) is 6.83. The number of amides is 1. The molecule has 1 N–H and O–H groups in total. The van der Waals surface area contributed by atoms with E-state index in [0.717, 1.165) is 24.4 Å². The van der Waals surface area contributed by atoms with Gasteiger partial charge in [-0.25, -0.2) is 4.98 Å². The lowest BCUT2D eigenvalue weighted by molar-refractivity contribution is -0.385. The second kappa shape index (κ2) is 10.3. The number of anilines is 1. The van der Waals surface area contributed by atoms with Crippen molar-refractivity contribution in [2.75, 3.05) is 12.4 Å². The van der Waals surface area contributed by atoms with E-state index in [4.69, 9.17) is 9.47 Å². The molecule has 178 valence electrons. The normalized spacial score (nSPS) is 11.3. The van der Waals surface area contributed by atoms with Crippen LogP contribution in [0.3, 0.4) is 0 Å². The quantitative estimate of drug-likeness (QED) is 0.207. The summed E-state index contributed by atoms with van der Waals surface area (Å²) >= 11 is 0. The molecular formula is C23H15F3N4O5. The molecule has 0 unspecified atom stereocenters. The molecule has 1 amide bonds. The molecule has 0 spiro atoms. The molecule has 0 fully saturated rings. The van der Waals surface area contributed by atoms with Gasteiger partial charge in [-0.05, 0) is 42.0 Å². The van der Waals surface area contributed by atoms with Crippen LogP contribution in [0.5, 0.6) is 17.4 Å². The molecule has 0 saturated heterocycles. The van der Waals surface area contributed by atoms with Gasteiger partial charge in [-0.1, -0.05) is 12.1 Å². The Morgan fingerprint density at radius 3 is 2.54 bits per heavy atom. The highest BCUT2D eigenvalue weighted by Gasteiger charge is 2.30. The van der Waals surface area contributed by atoms with E-state index in [2.05, 4.69) is 10.3 Å². The Morgan fingerprint density at radius 1 is 1.17 bits per heavy atom. The second-order valence-corrected chi connectivity index (χ2v) is 6.83. The van der Waals surface area contributed by atoms with E-state index in [9.17, 15) is 33.3 Å². The van der Waals surface area contributed by atoms with Crippen LogP contribution in [-0.4, -0.2) is 22.9 Å². The first kappa shape index (κ1) is 24.7. The van der Waals surface area contributed by atoms with Gasteiger partial charge in [0.2, 0.25) is 5.88 Å². The van der Waals surface area contributed by atoms with E-state index in [1.54, 1.807) is 6.07 Å². The van der Waals surface area contributed by atoms with Gasteiger partial charge in [-0.3, -0.25) is 14.9 Å². The molecule has 0 saturated carbocycles. The fourth-order valence-corrected chi connectivity index (χ4v) is 2.80. The van der Waals surface area contributed by atoms with Gasteiger partial charge < -0.3 is 14.8 Å². The molecule has 35 heavy (non-hydrogen) atoms. The van der Waals surface area contributed by atoms with Gasteiger partial charge in [-0.2, -0.15) is 18.4 Å². The first-order valence-electron chi connectivity index (χ1n) is 9.67. The Morgan fingerprint density at radius 2 is 1.94 bits per heavy atom. The van der Waals surface area contributed by atoms with Crippen molar-refractivity contribution in [2.24, 2.45) is 0 Å². The summed E-state index contributed by atoms with van der Waals surface area (Å²) in [6, 6.07) is 12.7. The minimum Gasteiger partial charge on any atom is -0.493 e. The molecule has 1 aromatic heterocycles. The van der Waals surface area contributed by atoms with Crippen LogP contribution in [0.1, 0.15) is 11.1 Å². The number of methoxy groups -OCH3 is 1. The Labute approximate surface area is 196 Å². The van der Waals surface area contributed by atoms with Gasteiger partial charge in [0.15, 0.2) is 11.5 Å². The van der Waals surface area contributed by atoms with Crippen molar-refractivity contribution in [1.82, 2.24) is 4.98 Å². The number of nitriles is 1. The highest BCUT2D eigenvalue weighted by atomic mass is 19.4. The van der Waals surface area contributed by atoms with E-state index in [1.807, 2.05) is 0 Å². The molecule has 2 aromatic carbocycles. The summed E-state index contributed by atoms with van der Waals surface area (Å²) < 4.78 is 49.5. The summed E-state index contributed by atoms with van der Waals surface area (Å²) in [4.78, 5) is 26.4. The first-order chi connectivity index (χ1) is 16.6. The Bertz CT molecular complexity index is 1330. The van der Waals surface area contributed by atoms with Crippen molar-refractivity contribution < 1.29 is 32.4 Å². The van der Waals surface area contributed by atoms with E-state index in [0.29, 0.717) is 5.56 Å². The van der Waals surface area contributed by atoms with Crippen LogP contribution in [0.25, 0.3) is 6.08 Å². The zero-order valence-corrected chi connectivity index (χ0v) is 17.9. The van der Waals surface area contributed by atoms with Crippen LogP contribution < -0.4 is 14.8 Å². The number of nitrogens with one attached hydrogen (secondary N) is 1. The number of carbonyl (C=O) groups excluding carboxylic acids is 1. The van der Waals surface area contributed by atoms with Crippen LogP contribution in [0, 0.1) is 21.4 Å². The molecule has 9 nitrogen and oxygen atoms in total. The summed E-state index contributed by atoms with van der Waals surface area (Å²) in [7, 11) is 1.35. The minimum atomic E-state index is -4.58. The summed E-state index contributed by atoms with van der Waals surface area (Å²) in [5.74, 6) is -0.427. The largest absolute Gasteiger partial charge is 0.493 e. The molecule has 3 aromatic rings. The van der Waals surface area contributed by atoms with E-state index in [1.165, 1.54) is 49.6 Å². The van der Waals surface area contributed by atoms with Crippen LogP contribution in [0.15, 0.2) is 66.4 Å². The minimum absolute atomic E-state index is 0.0652. The summed E-state index contributed by atoms with van der Waals surface area (Å²) in [5, 5.41) is 22.4. The third kappa shape index (κ3) is 6.32. The zero-order valence-electron chi connectivity index (χ0n) is 17.9. The Hall–Kier alpha value is -4.92. The molecule has 12 heteroatoms. The first-order valence-corrected chi connectivity index (χ1v) is 9.67. The van der Waals surface area contributed by atoms with Crippen LogP contribution >= 0.6 is 0 Å². The van der Waals surface area contributed by atoms with Crippen LogP contribution in [-0.2, 0) is 11.0 Å². The number of pyridine rings is 1. The lowest BCUT2D eigenvalue weighted by Crippen LogP contribution is -2.14. The topological polar surface area (TPSA) is 127 Å². The smallest absolute Gasteiger partial charge is 0.416 e. The number of rotatable bonds is 7. The monoisotopic (exact) mass is 484 g/mol. The average Bonchev–Trinajstić information content (AvgIpc) is 2.83. The van der Waals surface area contributed by atoms with Crippen molar-refractivity contribution in [1.29, 1.82) is 5.26 Å². The predicted molar refractivity (Wildman–Crippen MR) is 118 cm³/mol. The number of nitrogens with zero attached hydrogens (tertiary/aromatic N) is 3. The number of halogens is 3. The van der Waals surface area contributed by atoms with Gasteiger partial charge in [-0.15, -0.1) is 0 Å². The number of ether oxygens (including phenoxy) is 2. The van der Waals surface area contributed by atoms with E-state index < -0.39 is 22.6 Å². The maximum Gasteiger partial charge on any atom is 0.416 e. The number of hydrogen-bond donors (Lipinski definition) is 1. The zero-order chi connectivity index (χ0) is 25.6. The molecule has 0 radical (unpaired) electrons. The van der Waals surface area contributed by atoms with Gasteiger partial charge >= 0.3 is 6.18 Å². The fourth-order valence-electron chi connectivity index (χ4n) is 2.80. The van der Waals surface area contributed by atoms with Crippen molar-refractivity contribution in [3.8, 4) is 23.4 Å². The molecule has 0 aliphatic rings. The standard InChI is InChI=1S/C23H15F3N4O5/c1-34-20-10-14(5-7-19(20)35-21-8-6-18(13-28-21)30(32)33)9-15(12-27)22(31)29-17-4-2-3-16(11-17)23(24,25)26/h2-11,13H,1H3,(H,29,31)/b15-9-. The molecular weight excluding hydrogens is 469 g/mol. The third-order valence-corrected chi connectivity index (χ3v) is 4.46.